The zero-order valence-corrected chi connectivity index (χ0v) is 14.9. The molecule has 0 atom stereocenters. The van der Waals surface area contributed by atoms with Crippen molar-refractivity contribution in [1.82, 2.24) is 14.9 Å². The summed E-state index contributed by atoms with van der Waals surface area (Å²) in [5.41, 5.74) is 0.905. The molecule has 0 bridgehead atoms. The van der Waals surface area contributed by atoms with E-state index < -0.39 is 0 Å². The largest absolute Gasteiger partial charge is 0.488 e. The number of aryl methyl sites for hydroxylation is 1. The fourth-order valence-corrected chi connectivity index (χ4v) is 3.40. The van der Waals surface area contributed by atoms with Crippen molar-refractivity contribution < 1.29 is 4.74 Å². The molecule has 0 amide bonds. The van der Waals surface area contributed by atoms with Gasteiger partial charge in [0.1, 0.15) is 23.2 Å². The number of nitrogens with zero attached hydrogens (tertiary/aromatic N) is 3. The van der Waals surface area contributed by atoms with Crippen molar-refractivity contribution in [3.8, 4) is 5.75 Å². The average molecular weight is 364 g/mol. The van der Waals surface area contributed by atoms with Crippen molar-refractivity contribution in [3.05, 3.63) is 28.6 Å². The van der Waals surface area contributed by atoms with Crippen molar-refractivity contribution >= 4 is 26.8 Å². The Morgan fingerprint density at radius 1 is 1.27 bits per heavy atom. The molecule has 22 heavy (non-hydrogen) atoms. The first-order valence-corrected chi connectivity index (χ1v) is 8.66. The van der Waals surface area contributed by atoms with E-state index in [1.54, 1.807) is 0 Å². The van der Waals surface area contributed by atoms with E-state index in [0.29, 0.717) is 6.04 Å². The number of fused-ring (bicyclic) bond motifs is 1. The Balaban J connectivity index is 1.81. The van der Waals surface area contributed by atoms with E-state index in [4.69, 9.17) is 4.74 Å². The predicted octanol–water partition coefficient (Wildman–Crippen LogP) is 3.95. The molecule has 1 saturated heterocycles. The van der Waals surface area contributed by atoms with E-state index >= 15 is 0 Å². The number of likely N-dealkylation sites (tertiary alicyclic amines) is 1. The van der Waals surface area contributed by atoms with Gasteiger partial charge in [-0.25, -0.2) is 9.97 Å². The second-order valence-electron chi connectivity index (χ2n) is 6.21. The summed E-state index contributed by atoms with van der Waals surface area (Å²) >= 11 is 3.55. The minimum absolute atomic E-state index is 0.266. The van der Waals surface area contributed by atoms with Gasteiger partial charge in [-0.2, -0.15) is 0 Å². The van der Waals surface area contributed by atoms with Crippen LogP contribution < -0.4 is 4.74 Å². The van der Waals surface area contributed by atoms with Gasteiger partial charge in [0.2, 0.25) is 0 Å². The van der Waals surface area contributed by atoms with Crippen LogP contribution in [-0.2, 0) is 0 Å². The minimum Gasteiger partial charge on any atom is -0.488 e. The van der Waals surface area contributed by atoms with Crippen LogP contribution in [0.2, 0.25) is 0 Å². The van der Waals surface area contributed by atoms with Gasteiger partial charge in [-0.3, -0.25) is 0 Å². The molecular weight excluding hydrogens is 342 g/mol. The maximum absolute atomic E-state index is 6.29. The number of halogens is 1. The Morgan fingerprint density at radius 2 is 2.00 bits per heavy atom. The Hall–Kier alpha value is -1.20. The first kappa shape index (κ1) is 15.7. The van der Waals surface area contributed by atoms with Crippen molar-refractivity contribution in [3.63, 3.8) is 0 Å². The number of benzene rings is 1. The van der Waals surface area contributed by atoms with Crippen LogP contribution >= 0.6 is 15.9 Å². The molecule has 0 aliphatic carbocycles. The second kappa shape index (κ2) is 6.50. The third-order valence-corrected chi connectivity index (χ3v) is 4.69. The topological polar surface area (TPSA) is 38.2 Å². The van der Waals surface area contributed by atoms with Crippen molar-refractivity contribution in [1.29, 1.82) is 0 Å². The number of aromatic nitrogens is 2. The quantitative estimate of drug-likeness (QED) is 0.827. The lowest BCUT2D eigenvalue weighted by atomic mass is 10.1. The van der Waals surface area contributed by atoms with E-state index in [0.717, 1.165) is 52.9 Å². The summed E-state index contributed by atoms with van der Waals surface area (Å²) in [6, 6.07) is 4.66. The highest BCUT2D eigenvalue weighted by Gasteiger charge is 2.23. The molecule has 1 aliphatic heterocycles. The number of hydrogen-bond acceptors (Lipinski definition) is 4. The highest BCUT2D eigenvalue weighted by atomic mass is 79.9. The predicted molar refractivity (Wildman–Crippen MR) is 92.3 cm³/mol. The molecule has 2 aromatic rings. The van der Waals surface area contributed by atoms with E-state index in [2.05, 4.69) is 44.6 Å². The second-order valence-corrected chi connectivity index (χ2v) is 7.12. The van der Waals surface area contributed by atoms with Crippen LogP contribution in [-0.4, -0.2) is 40.1 Å². The molecule has 1 aliphatic rings. The van der Waals surface area contributed by atoms with Crippen LogP contribution in [0.3, 0.4) is 0 Å². The van der Waals surface area contributed by atoms with E-state index in [9.17, 15) is 0 Å². The molecule has 118 valence electrons. The molecule has 0 spiro atoms. The molecule has 1 aromatic heterocycles. The van der Waals surface area contributed by atoms with Gasteiger partial charge in [-0.15, -0.1) is 0 Å². The van der Waals surface area contributed by atoms with Gasteiger partial charge in [0.15, 0.2) is 0 Å². The van der Waals surface area contributed by atoms with Gasteiger partial charge in [0, 0.05) is 35.2 Å². The Labute approximate surface area is 140 Å². The molecule has 0 radical (unpaired) electrons. The fourth-order valence-electron chi connectivity index (χ4n) is 2.95. The van der Waals surface area contributed by atoms with E-state index in [-0.39, 0.29) is 6.10 Å². The molecule has 1 aromatic carbocycles. The SMILES string of the molecule is Cc1ncc2cc(Br)cc(OC3CCN(C(C)C)CC3)c2n1. The van der Waals surface area contributed by atoms with Crippen LogP contribution in [0.4, 0.5) is 0 Å². The van der Waals surface area contributed by atoms with Crippen LogP contribution in [0, 0.1) is 6.92 Å². The summed E-state index contributed by atoms with van der Waals surface area (Å²) < 4.78 is 7.29. The van der Waals surface area contributed by atoms with Gasteiger partial charge in [0.25, 0.3) is 0 Å². The number of piperidine rings is 1. The van der Waals surface area contributed by atoms with Crippen LogP contribution in [0.5, 0.6) is 5.75 Å². The zero-order valence-electron chi connectivity index (χ0n) is 13.3. The van der Waals surface area contributed by atoms with E-state index in [1.165, 1.54) is 0 Å². The van der Waals surface area contributed by atoms with Gasteiger partial charge >= 0.3 is 0 Å². The third-order valence-electron chi connectivity index (χ3n) is 4.23. The lowest BCUT2D eigenvalue weighted by molar-refractivity contribution is 0.0851. The highest BCUT2D eigenvalue weighted by molar-refractivity contribution is 9.10. The maximum Gasteiger partial charge on any atom is 0.147 e. The van der Waals surface area contributed by atoms with E-state index in [1.807, 2.05) is 25.3 Å². The minimum atomic E-state index is 0.266. The molecule has 5 heteroatoms. The van der Waals surface area contributed by atoms with Crippen molar-refractivity contribution in [2.75, 3.05) is 13.1 Å². The van der Waals surface area contributed by atoms with Gasteiger partial charge in [-0.05, 0) is 45.7 Å². The normalized spacial score (nSPS) is 17.3. The first-order chi connectivity index (χ1) is 10.5. The fraction of sp³-hybridized carbons (Fsp3) is 0.529. The monoisotopic (exact) mass is 363 g/mol. The van der Waals surface area contributed by atoms with Gasteiger partial charge < -0.3 is 9.64 Å². The van der Waals surface area contributed by atoms with Crippen LogP contribution in [0.15, 0.2) is 22.8 Å². The lowest BCUT2D eigenvalue weighted by Crippen LogP contribution is -2.41. The Bertz CT molecular complexity index is 666. The average Bonchev–Trinajstić information content (AvgIpc) is 2.48. The molecular formula is C17H22BrN3O. The standard InChI is InChI=1S/C17H22BrN3O/c1-11(2)21-6-4-15(5-7-21)22-16-9-14(18)8-13-10-19-12(3)20-17(13)16/h8-11,15H,4-7H2,1-3H3. The smallest absolute Gasteiger partial charge is 0.147 e. The molecule has 0 unspecified atom stereocenters. The summed E-state index contributed by atoms with van der Waals surface area (Å²) in [4.78, 5) is 11.3. The van der Waals surface area contributed by atoms with Crippen LogP contribution in [0.25, 0.3) is 10.9 Å². The lowest BCUT2D eigenvalue weighted by Gasteiger charge is -2.34. The summed E-state index contributed by atoms with van der Waals surface area (Å²) in [6.45, 7) is 8.61. The molecule has 0 saturated carbocycles. The summed E-state index contributed by atoms with van der Waals surface area (Å²) in [7, 11) is 0. The highest BCUT2D eigenvalue weighted by Crippen LogP contribution is 2.30. The number of hydrogen-bond donors (Lipinski definition) is 0. The molecule has 4 nitrogen and oxygen atoms in total. The van der Waals surface area contributed by atoms with Crippen molar-refractivity contribution in [2.45, 2.75) is 45.8 Å². The zero-order chi connectivity index (χ0) is 15.7. The maximum atomic E-state index is 6.29. The summed E-state index contributed by atoms with van der Waals surface area (Å²) in [5, 5.41) is 1.01. The summed E-state index contributed by atoms with van der Waals surface area (Å²) in [5.74, 6) is 1.63. The molecule has 3 rings (SSSR count). The van der Waals surface area contributed by atoms with Crippen LogP contribution in [0.1, 0.15) is 32.5 Å². The first-order valence-electron chi connectivity index (χ1n) is 7.86. The molecule has 1 fully saturated rings. The molecule has 0 N–H and O–H groups in total. The number of ether oxygens (including phenoxy) is 1. The van der Waals surface area contributed by atoms with Gasteiger partial charge in [0.05, 0.1) is 0 Å². The number of rotatable bonds is 3. The Kier molecular flexibility index (Phi) is 4.64. The Morgan fingerprint density at radius 3 is 2.68 bits per heavy atom. The third kappa shape index (κ3) is 3.41. The van der Waals surface area contributed by atoms with Gasteiger partial charge in [-0.1, -0.05) is 15.9 Å². The molecule has 2 heterocycles. The van der Waals surface area contributed by atoms with Crippen molar-refractivity contribution in [2.24, 2.45) is 0 Å². The summed E-state index contributed by atoms with van der Waals surface area (Å²) in [6.07, 6.45) is 4.26.